The first-order valence-electron chi connectivity index (χ1n) is 6.42. The summed E-state index contributed by atoms with van der Waals surface area (Å²) >= 11 is 6.03. The minimum absolute atomic E-state index is 0.00810. The van der Waals surface area contributed by atoms with Crippen LogP contribution < -0.4 is 5.73 Å². The number of nitrogens with two attached hydrogens (primary N) is 1. The molecule has 0 saturated carbocycles. The van der Waals surface area contributed by atoms with E-state index in [2.05, 4.69) is 0 Å². The molecule has 2 rings (SSSR count). The van der Waals surface area contributed by atoms with E-state index in [0.29, 0.717) is 5.69 Å². The van der Waals surface area contributed by atoms with Gasteiger partial charge < -0.3 is 5.73 Å². The number of sulfonamides is 1. The lowest BCUT2D eigenvalue weighted by molar-refractivity contribution is 0.204. The van der Waals surface area contributed by atoms with E-state index in [0.717, 1.165) is 19.3 Å². The summed E-state index contributed by atoms with van der Waals surface area (Å²) in [6.45, 7) is 3.88. The third-order valence-electron chi connectivity index (χ3n) is 3.62. The molecule has 1 aromatic carbocycles. The normalized spacial score (nSPS) is 25.4. The number of halogens is 1. The summed E-state index contributed by atoms with van der Waals surface area (Å²) < 4.78 is 27.1. The molecule has 1 fully saturated rings. The molecular weight excluding hydrogens is 284 g/mol. The van der Waals surface area contributed by atoms with Crippen LogP contribution in [0.4, 0.5) is 5.69 Å². The molecule has 1 saturated heterocycles. The van der Waals surface area contributed by atoms with Crippen LogP contribution in [0.3, 0.4) is 0 Å². The summed E-state index contributed by atoms with van der Waals surface area (Å²) in [6, 6.07) is 4.55. The van der Waals surface area contributed by atoms with Crippen molar-refractivity contribution in [3.8, 4) is 0 Å². The topological polar surface area (TPSA) is 63.4 Å². The highest BCUT2D eigenvalue weighted by atomic mass is 35.5. The van der Waals surface area contributed by atoms with Gasteiger partial charge in [0.15, 0.2) is 0 Å². The standard InChI is InChI=1S/C13H19ClN2O2S/c1-9-4-3-5-10(2)16(9)19(17,18)13-8-11(15)6-7-12(13)14/h6-10H,3-5,15H2,1-2H3/t9-,10+. The maximum atomic E-state index is 12.8. The average molecular weight is 303 g/mol. The van der Waals surface area contributed by atoms with Crippen molar-refractivity contribution in [1.29, 1.82) is 0 Å². The van der Waals surface area contributed by atoms with E-state index in [-0.39, 0.29) is 22.0 Å². The lowest BCUT2D eigenvalue weighted by Gasteiger charge is -2.37. The van der Waals surface area contributed by atoms with Gasteiger partial charge in [0.25, 0.3) is 0 Å². The Hall–Kier alpha value is -0.780. The van der Waals surface area contributed by atoms with Gasteiger partial charge in [-0.1, -0.05) is 18.0 Å². The third kappa shape index (κ3) is 2.73. The highest BCUT2D eigenvalue weighted by Gasteiger charge is 2.36. The van der Waals surface area contributed by atoms with Gasteiger partial charge in [0.05, 0.1) is 5.02 Å². The Bertz CT molecular complexity index is 564. The quantitative estimate of drug-likeness (QED) is 0.854. The molecule has 106 valence electrons. The average Bonchev–Trinajstić information content (AvgIpc) is 2.31. The number of rotatable bonds is 2. The Morgan fingerprint density at radius 1 is 1.26 bits per heavy atom. The number of nitrogen functional groups attached to an aromatic ring is 1. The zero-order valence-corrected chi connectivity index (χ0v) is 12.7. The molecule has 0 unspecified atom stereocenters. The molecule has 0 aromatic heterocycles. The summed E-state index contributed by atoms with van der Waals surface area (Å²) in [6.07, 6.45) is 2.81. The fourth-order valence-electron chi connectivity index (χ4n) is 2.70. The predicted octanol–water partition coefficient (Wildman–Crippen LogP) is 2.87. The SMILES string of the molecule is C[C@@H]1CCC[C@H](C)N1S(=O)(=O)c1cc(N)ccc1Cl. The first kappa shape index (κ1) is 14.6. The van der Waals surface area contributed by atoms with Gasteiger partial charge in [-0.15, -0.1) is 0 Å². The second kappa shape index (κ2) is 5.31. The molecule has 0 amide bonds. The molecule has 6 heteroatoms. The minimum Gasteiger partial charge on any atom is -0.399 e. The van der Waals surface area contributed by atoms with Crippen LogP contribution in [0.2, 0.25) is 5.02 Å². The van der Waals surface area contributed by atoms with E-state index < -0.39 is 10.0 Å². The van der Waals surface area contributed by atoms with Gasteiger partial charge >= 0.3 is 0 Å². The van der Waals surface area contributed by atoms with E-state index in [4.69, 9.17) is 17.3 Å². The Kier molecular flexibility index (Phi) is 4.08. The number of hydrogen-bond donors (Lipinski definition) is 1. The van der Waals surface area contributed by atoms with Gasteiger partial charge in [-0.2, -0.15) is 4.31 Å². The molecule has 1 heterocycles. The van der Waals surface area contributed by atoms with Gasteiger partial charge in [0.1, 0.15) is 4.90 Å². The number of anilines is 1. The first-order chi connectivity index (χ1) is 8.84. The minimum atomic E-state index is -3.59. The van der Waals surface area contributed by atoms with Crippen molar-refractivity contribution in [3.63, 3.8) is 0 Å². The third-order valence-corrected chi connectivity index (χ3v) is 6.23. The highest BCUT2D eigenvalue weighted by Crippen LogP contribution is 2.33. The second-order valence-corrected chi connectivity index (χ2v) is 7.37. The van der Waals surface area contributed by atoms with E-state index >= 15 is 0 Å². The second-order valence-electron chi connectivity index (χ2n) is 5.15. The molecule has 0 spiro atoms. The van der Waals surface area contributed by atoms with Gasteiger partial charge in [-0.3, -0.25) is 0 Å². The van der Waals surface area contributed by atoms with Crippen LogP contribution in [0.1, 0.15) is 33.1 Å². The van der Waals surface area contributed by atoms with Crippen molar-refractivity contribution in [2.24, 2.45) is 0 Å². The fraction of sp³-hybridized carbons (Fsp3) is 0.538. The summed E-state index contributed by atoms with van der Waals surface area (Å²) in [5, 5.41) is 0.221. The summed E-state index contributed by atoms with van der Waals surface area (Å²) in [7, 11) is -3.59. The fourth-order valence-corrected chi connectivity index (χ4v) is 5.10. The number of piperidine rings is 1. The van der Waals surface area contributed by atoms with Crippen LogP contribution >= 0.6 is 11.6 Å². The molecule has 2 N–H and O–H groups in total. The highest BCUT2D eigenvalue weighted by molar-refractivity contribution is 7.89. The van der Waals surface area contributed by atoms with Crippen LogP contribution in [0.15, 0.2) is 23.1 Å². The summed E-state index contributed by atoms with van der Waals surface area (Å²) in [5.41, 5.74) is 6.08. The molecule has 1 aromatic rings. The molecule has 19 heavy (non-hydrogen) atoms. The Labute approximate surface area is 119 Å². The molecule has 2 atom stereocenters. The maximum Gasteiger partial charge on any atom is 0.245 e. The Balaban J connectivity index is 2.49. The van der Waals surface area contributed by atoms with Crippen molar-refractivity contribution < 1.29 is 8.42 Å². The summed E-state index contributed by atoms with van der Waals surface area (Å²) in [4.78, 5) is 0.106. The predicted molar refractivity (Wildman–Crippen MR) is 77.7 cm³/mol. The molecule has 0 radical (unpaired) electrons. The van der Waals surface area contributed by atoms with Crippen molar-refractivity contribution in [2.75, 3.05) is 5.73 Å². The van der Waals surface area contributed by atoms with Crippen molar-refractivity contribution in [3.05, 3.63) is 23.2 Å². The molecule has 1 aliphatic heterocycles. The first-order valence-corrected chi connectivity index (χ1v) is 8.24. The van der Waals surface area contributed by atoms with E-state index in [1.807, 2.05) is 13.8 Å². The lowest BCUT2D eigenvalue weighted by atomic mass is 10.0. The van der Waals surface area contributed by atoms with Gasteiger partial charge in [-0.25, -0.2) is 8.42 Å². The van der Waals surface area contributed by atoms with E-state index in [9.17, 15) is 8.42 Å². The molecular formula is C13H19ClN2O2S. The van der Waals surface area contributed by atoms with Gasteiger partial charge in [-0.05, 0) is 44.9 Å². The molecule has 0 bridgehead atoms. The Morgan fingerprint density at radius 2 is 1.84 bits per heavy atom. The Morgan fingerprint density at radius 3 is 2.42 bits per heavy atom. The van der Waals surface area contributed by atoms with Gasteiger partial charge in [0.2, 0.25) is 10.0 Å². The smallest absolute Gasteiger partial charge is 0.245 e. The maximum absolute atomic E-state index is 12.8. The van der Waals surface area contributed by atoms with Crippen molar-refractivity contribution in [1.82, 2.24) is 4.31 Å². The number of hydrogen-bond acceptors (Lipinski definition) is 3. The lowest BCUT2D eigenvalue weighted by Crippen LogP contribution is -2.47. The summed E-state index contributed by atoms with van der Waals surface area (Å²) in [5.74, 6) is 0. The van der Waals surface area contributed by atoms with Crippen LogP contribution in [0, 0.1) is 0 Å². The molecule has 4 nitrogen and oxygen atoms in total. The van der Waals surface area contributed by atoms with E-state index in [1.165, 1.54) is 12.1 Å². The van der Waals surface area contributed by atoms with E-state index in [1.54, 1.807) is 10.4 Å². The van der Waals surface area contributed by atoms with Crippen LogP contribution in [0.5, 0.6) is 0 Å². The zero-order valence-electron chi connectivity index (χ0n) is 11.1. The molecule has 0 aliphatic carbocycles. The van der Waals surface area contributed by atoms with Crippen molar-refractivity contribution in [2.45, 2.75) is 50.1 Å². The number of benzene rings is 1. The monoisotopic (exact) mass is 302 g/mol. The van der Waals surface area contributed by atoms with Crippen molar-refractivity contribution >= 4 is 27.3 Å². The zero-order chi connectivity index (χ0) is 14.2. The number of nitrogens with zero attached hydrogens (tertiary/aromatic N) is 1. The van der Waals surface area contributed by atoms with Crippen LogP contribution in [0.25, 0.3) is 0 Å². The molecule has 1 aliphatic rings. The van der Waals surface area contributed by atoms with Crippen LogP contribution in [-0.4, -0.2) is 24.8 Å². The van der Waals surface area contributed by atoms with Crippen LogP contribution in [-0.2, 0) is 10.0 Å². The largest absolute Gasteiger partial charge is 0.399 e. The van der Waals surface area contributed by atoms with Gasteiger partial charge in [0, 0.05) is 17.8 Å².